The van der Waals surface area contributed by atoms with Crippen molar-refractivity contribution in [3.63, 3.8) is 0 Å². The quantitative estimate of drug-likeness (QED) is 0.344. The normalized spacial score (nSPS) is 15.8. The molecule has 9 nitrogen and oxygen atoms in total. The molecule has 37 heavy (non-hydrogen) atoms. The van der Waals surface area contributed by atoms with Crippen molar-refractivity contribution in [1.82, 2.24) is 24.4 Å². The Labute approximate surface area is 224 Å². The number of nitrogens with two attached hydrogens (primary N) is 1. The summed E-state index contributed by atoms with van der Waals surface area (Å²) in [6.45, 7) is 5.01. The van der Waals surface area contributed by atoms with Crippen molar-refractivity contribution < 1.29 is 0 Å². The number of aromatic nitrogens is 4. The van der Waals surface area contributed by atoms with Crippen LogP contribution in [0.4, 0.5) is 5.82 Å². The molecule has 3 N–H and O–H groups in total. The number of anilines is 1. The van der Waals surface area contributed by atoms with Gasteiger partial charge in [0.2, 0.25) is 5.43 Å². The fourth-order valence-electron chi connectivity index (χ4n) is 4.69. The first-order valence-corrected chi connectivity index (χ1v) is 13.5. The highest BCUT2D eigenvalue weighted by Gasteiger charge is 2.26. The number of pyridine rings is 1. The Balaban J connectivity index is 1.58. The monoisotopic (exact) mass is 536 g/mol. The molecule has 0 spiro atoms. The first-order chi connectivity index (χ1) is 17.8. The van der Waals surface area contributed by atoms with Crippen LogP contribution in [-0.2, 0) is 13.0 Å². The number of nitrogens with zero attached hydrogens (tertiary/aromatic N) is 6. The van der Waals surface area contributed by atoms with Gasteiger partial charge in [0.05, 0.1) is 15.9 Å². The molecule has 0 unspecified atom stereocenters. The Morgan fingerprint density at radius 3 is 2.84 bits per heavy atom. The zero-order valence-corrected chi connectivity index (χ0v) is 22.7. The van der Waals surface area contributed by atoms with Gasteiger partial charge in [0, 0.05) is 54.4 Å². The van der Waals surface area contributed by atoms with E-state index in [1.165, 1.54) is 11.8 Å². The third-order valence-corrected chi connectivity index (χ3v) is 7.94. The van der Waals surface area contributed by atoms with E-state index in [9.17, 15) is 10.1 Å². The smallest absolute Gasteiger partial charge is 0.207 e. The number of aromatic amines is 1. The standard InChI is InChI=1S/C26H29ClN8OS/c1-4-19-22(27)21-24(30-19)31-26(32-25(21)35-8-7-16(29)14-35)37-17-5-6-20-18(11-17)23(36)15(12-28)13-34(20)10-9-33(2)3/h5-6,11,13,16H,4,7-10,14,29H2,1-3H3,(H,30,31,32)/t16-/m1/s1. The molecule has 1 atom stereocenters. The summed E-state index contributed by atoms with van der Waals surface area (Å²) in [7, 11) is 3.98. The Morgan fingerprint density at radius 2 is 2.16 bits per heavy atom. The van der Waals surface area contributed by atoms with Crippen LogP contribution in [0.3, 0.4) is 0 Å². The largest absolute Gasteiger partial charge is 0.354 e. The number of hydrogen-bond acceptors (Lipinski definition) is 8. The minimum Gasteiger partial charge on any atom is -0.354 e. The second-order valence-corrected chi connectivity index (χ2v) is 11.0. The molecule has 1 aromatic carbocycles. The fraction of sp³-hybridized carbons (Fsp3) is 0.385. The average Bonchev–Trinajstić information content (AvgIpc) is 3.46. The number of nitrogens with one attached hydrogen (secondary N) is 1. The zero-order chi connectivity index (χ0) is 26.3. The van der Waals surface area contributed by atoms with Crippen LogP contribution in [0, 0.1) is 11.3 Å². The Morgan fingerprint density at radius 1 is 1.35 bits per heavy atom. The van der Waals surface area contributed by atoms with E-state index in [1.54, 1.807) is 6.20 Å². The van der Waals surface area contributed by atoms with Crippen LogP contribution >= 0.6 is 23.4 Å². The number of benzene rings is 1. The molecule has 1 fully saturated rings. The number of fused-ring (bicyclic) bond motifs is 2. The molecule has 0 aliphatic carbocycles. The predicted octanol–water partition coefficient (Wildman–Crippen LogP) is 3.61. The Kier molecular flexibility index (Phi) is 7.14. The van der Waals surface area contributed by atoms with Crippen molar-refractivity contribution in [2.24, 2.45) is 5.73 Å². The van der Waals surface area contributed by atoms with Crippen molar-refractivity contribution in [1.29, 1.82) is 5.26 Å². The molecule has 4 aromatic rings. The first kappa shape index (κ1) is 25.5. The van der Waals surface area contributed by atoms with Crippen LogP contribution in [-0.4, -0.2) is 64.2 Å². The lowest BCUT2D eigenvalue weighted by Gasteiger charge is -2.19. The highest BCUT2D eigenvalue weighted by molar-refractivity contribution is 7.99. The van der Waals surface area contributed by atoms with E-state index in [1.807, 2.05) is 49.9 Å². The summed E-state index contributed by atoms with van der Waals surface area (Å²) in [4.78, 5) is 31.1. The highest BCUT2D eigenvalue weighted by Crippen LogP contribution is 2.37. The minimum absolute atomic E-state index is 0.0916. The lowest BCUT2D eigenvalue weighted by atomic mass is 10.1. The van der Waals surface area contributed by atoms with Gasteiger partial charge in [-0.25, -0.2) is 9.97 Å². The number of nitriles is 1. The van der Waals surface area contributed by atoms with Gasteiger partial charge in [-0.15, -0.1) is 0 Å². The van der Waals surface area contributed by atoms with E-state index in [-0.39, 0.29) is 17.0 Å². The predicted molar refractivity (Wildman–Crippen MR) is 149 cm³/mol. The van der Waals surface area contributed by atoms with E-state index in [2.05, 4.69) is 14.8 Å². The molecular weight excluding hydrogens is 508 g/mol. The summed E-state index contributed by atoms with van der Waals surface area (Å²) in [5, 5.41) is 12.1. The maximum absolute atomic E-state index is 13.0. The average molecular weight is 537 g/mol. The van der Waals surface area contributed by atoms with Gasteiger partial charge in [-0.05, 0) is 56.9 Å². The van der Waals surface area contributed by atoms with Crippen molar-refractivity contribution in [2.45, 2.75) is 42.4 Å². The number of likely N-dealkylation sites (N-methyl/N-ethyl adjacent to an activating group) is 1. The molecule has 4 heterocycles. The Bertz CT molecular complexity index is 1590. The molecule has 0 bridgehead atoms. The lowest BCUT2D eigenvalue weighted by molar-refractivity contribution is 0.386. The summed E-state index contributed by atoms with van der Waals surface area (Å²) >= 11 is 8.10. The van der Waals surface area contributed by atoms with Crippen molar-refractivity contribution in [2.75, 3.05) is 38.6 Å². The molecule has 0 radical (unpaired) electrons. The van der Waals surface area contributed by atoms with Crippen LogP contribution in [0.25, 0.3) is 21.9 Å². The van der Waals surface area contributed by atoms with E-state index < -0.39 is 0 Å². The summed E-state index contributed by atoms with van der Waals surface area (Å²) in [6, 6.07) is 7.86. The molecule has 1 aliphatic rings. The fourth-order valence-corrected chi connectivity index (χ4v) is 5.83. The van der Waals surface area contributed by atoms with Crippen molar-refractivity contribution in [3.8, 4) is 6.07 Å². The van der Waals surface area contributed by atoms with Gasteiger partial charge < -0.3 is 25.1 Å². The Hall–Kier alpha value is -3.10. The van der Waals surface area contributed by atoms with Crippen LogP contribution in [0.15, 0.2) is 39.2 Å². The molecular formula is C26H29ClN8OS. The van der Waals surface area contributed by atoms with Gasteiger partial charge in [-0.2, -0.15) is 5.26 Å². The van der Waals surface area contributed by atoms with Gasteiger partial charge in [-0.1, -0.05) is 18.5 Å². The summed E-state index contributed by atoms with van der Waals surface area (Å²) in [5.74, 6) is 0.778. The number of hydrogen-bond donors (Lipinski definition) is 2. The van der Waals surface area contributed by atoms with Gasteiger partial charge in [0.25, 0.3) is 0 Å². The molecule has 192 valence electrons. The van der Waals surface area contributed by atoms with E-state index >= 15 is 0 Å². The molecule has 1 saturated heterocycles. The number of rotatable bonds is 7. The minimum atomic E-state index is -0.270. The molecule has 0 amide bonds. The maximum Gasteiger partial charge on any atom is 0.207 e. The first-order valence-electron chi connectivity index (χ1n) is 12.3. The zero-order valence-electron chi connectivity index (χ0n) is 21.1. The molecule has 0 saturated carbocycles. The van der Waals surface area contributed by atoms with Crippen LogP contribution in [0.2, 0.25) is 5.02 Å². The van der Waals surface area contributed by atoms with Crippen LogP contribution in [0.5, 0.6) is 0 Å². The second kappa shape index (κ2) is 10.3. The SMILES string of the molecule is CCc1[nH]c2nc(Sc3ccc4c(c3)c(=O)c(C#N)cn4CCN(C)C)nc(N3CC[C@@H](N)C3)c2c1Cl. The van der Waals surface area contributed by atoms with Gasteiger partial charge in [0.15, 0.2) is 5.16 Å². The number of aryl methyl sites for hydroxylation is 1. The van der Waals surface area contributed by atoms with Crippen molar-refractivity contribution in [3.05, 3.63) is 50.9 Å². The van der Waals surface area contributed by atoms with Gasteiger partial charge in [0.1, 0.15) is 23.1 Å². The molecule has 1 aliphatic heterocycles. The molecule has 3 aromatic heterocycles. The summed E-state index contributed by atoms with van der Waals surface area (Å²) in [5.41, 5.74) is 8.46. The van der Waals surface area contributed by atoms with E-state index in [0.29, 0.717) is 34.3 Å². The number of H-pyrrole nitrogens is 1. The topological polar surface area (TPSA) is 120 Å². The highest BCUT2D eigenvalue weighted by atomic mass is 35.5. The maximum atomic E-state index is 13.0. The van der Waals surface area contributed by atoms with Crippen molar-refractivity contribution >= 4 is 51.1 Å². The van der Waals surface area contributed by atoms with Gasteiger partial charge in [-0.3, -0.25) is 4.79 Å². The number of halogens is 1. The van der Waals surface area contributed by atoms with Gasteiger partial charge >= 0.3 is 0 Å². The summed E-state index contributed by atoms with van der Waals surface area (Å²) in [6.07, 6.45) is 3.29. The molecule has 11 heteroatoms. The third kappa shape index (κ3) is 4.92. The third-order valence-electron chi connectivity index (χ3n) is 6.67. The second-order valence-electron chi connectivity index (χ2n) is 9.58. The van der Waals surface area contributed by atoms with Crippen LogP contribution < -0.4 is 16.1 Å². The van der Waals surface area contributed by atoms with Crippen LogP contribution in [0.1, 0.15) is 24.6 Å². The lowest BCUT2D eigenvalue weighted by Crippen LogP contribution is -2.27. The van der Waals surface area contributed by atoms with E-state index in [0.717, 1.165) is 53.2 Å². The van der Waals surface area contributed by atoms with E-state index in [4.69, 9.17) is 27.3 Å². The molecule has 5 rings (SSSR count). The summed E-state index contributed by atoms with van der Waals surface area (Å²) < 4.78 is 1.97.